The lowest BCUT2D eigenvalue weighted by molar-refractivity contribution is 0.166. The summed E-state index contributed by atoms with van der Waals surface area (Å²) in [4.78, 5) is 0. The fourth-order valence-electron chi connectivity index (χ4n) is 4.52. The summed E-state index contributed by atoms with van der Waals surface area (Å²) in [5.41, 5.74) is 0. The highest BCUT2D eigenvalue weighted by atomic mass is 19.3. The molecule has 0 radical (unpaired) electrons. The van der Waals surface area contributed by atoms with E-state index in [1.54, 1.807) is 6.92 Å². The Kier molecular flexibility index (Phi) is 13.9. The van der Waals surface area contributed by atoms with Crippen molar-refractivity contribution < 1.29 is 13.2 Å². The van der Waals surface area contributed by atoms with Gasteiger partial charge in [-0.1, -0.05) is 37.3 Å². The predicted octanol–water partition coefficient (Wildman–Crippen LogP) is 9.17. The van der Waals surface area contributed by atoms with Gasteiger partial charge in [0.2, 0.25) is 0 Å². The van der Waals surface area contributed by atoms with E-state index in [-0.39, 0.29) is 0 Å². The Morgan fingerprint density at radius 1 is 0.786 bits per heavy atom. The van der Waals surface area contributed by atoms with Crippen LogP contribution in [0, 0.1) is 23.7 Å². The van der Waals surface area contributed by atoms with Gasteiger partial charge in [-0.3, -0.25) is 0 Å². The van der Waals surface area contributed by atoms with E-state index in [1.165, 1.54) is 57.4 Å². The van der Waals surface area contributed by atoms with Crippen LogP contribution in [0.2, 0.25) is 0 Å². The second kappa shape index (κ2) is 15.6. The molecule has 160 valence electrons. The van der Waals surface area contributed by atoms with E-state index >= 15 is 0 Å². The second-order valence-electron chi connectivity index (χ2n) is 8.14. The molecule has 2 fully saturated rings. The highest BCUT2D eigenvalue weighted by Gasteiger charge is 2.29. The van der Waals surface area contributed by atoms with Gasteiger partial charge >= 0.3 is 0 Å². The normalized spacial score (nSPS) is 28.5. The Hall–Kier alpha value is -1.25. The molecule has 0 atom stereocenters. The van der Waals surface area contributed by atoms with Crippen LogP contribution in [-0.4, -0.2) is 0 Å². The quantitative estimate of drug-likeness (QED) is 0.297. The summed E-state index contributed by atoms with van der Waals surface area (Å²) in [6.07, 6.45) is 23.8. The van der Waals surface area contributed by atoms with Crippen LogP contribution >= 0.6 is 0 Å². The molecule has 0 nitrogen and oxygen atoms in total. The van der Waals surface area contributed by atoms with Crippen LogP contribution in [0.3, 0.4) is 0 Å². The van der Waals surface area contributed by atoms with Crippen molar-refractivity contribution in [2.75, 3.05) is 0 Å². The summed E-state index contributed by atoms with van der Waals surface area (Å²) < 4.78 is 34.5. The van der Waals surface area contributed by atoms with E-state index in [0.717, 1.165) is 36.7 Å². The second-order valence-corrected chi connectivity index (χ2v) is 8.14. The molecule has 3 heteroatoms. The summed E-state index contributed by atoms with van der Waals surface area (Å²) in [7, 11) is 0. The summed E-state index contributed by atoms with van der Waals surface area (Å²) in [6.45, 7) is 3.84. The van der Waals surface area contributed by atoms with Crippen molar-refractivity contribution in [2.24, 2.45) is 23.7 Å². The molecule has 0 aromatic rings. The van der Waals surface area contributed by atoms with E-state index in [0.29, 0.717) is 18.7 Å². The van der Waals surface area contributed by atoms with Crippen LogP contribution in [0.1, 0.15) is 84.5 Å². The fraction of sp³-hybridized carbons (Fsp3) is 0.680. The molecule has 28 heavy (non-hydrogen) atoms. The number of rotatable bonds is 7. The van der Waals surface area contributed by atoms with Gasteiger partial charge in [-0.2, -0.15) is 8.78 Å². The van der Waals surface area contributed by atoms with Crippen molar-refractivity contribution in [3.05, 3.63) is 48.9 Å². The molecule has 0 N–H and O–H groups in total. The highest BCUT2D eigenvalue weighted by Crippen LogP contribution is 2.41. The van der Waals surface area contributed by atoms with Crippen LogP contribution in [0.4, 0.5) is 13.2 Å². The van der Waals surface area contributed by atoms with Gasteiger partial charge < -0.3 is 0 Å². The van der Waals surface area contributed by atoms with Crippen LogP contribution in [0.25, 0.3) is 0 Å². The van der Waals surface area contributed by atoms with Crippen LogP contribution in [0.5, 0.6) is 0 Å². The third-order valence-corrected chi connectivity index (χ3v) is 6.11. The topological polar surface area (TPSA) is 0 Å². The Bertz CT molecular complexity index is 480. The molecule has 0 saturated heterocycles. The average Bonchev–Trinajstić information content (AvgIpc) is 2.73. The first kappa shape index (κ1) is 24.8. The molecular formula is C25H39F3. The summed E-state index contributed by atoms with van der Waals surface area (Å²) in [5, 5.41) is 0. The first-order chi connectivity index (χ1) is 13.6. The van der Waals surface area contributed by atoms with E-state index in [4.69, 9.17) is 0 Å². The van der Waals surface area contributed by atoms with Crippen molar-refractivity contribution in [3.8, 4) is 0 Å². The van der Waals surface area contributed by atoms with E-state index < -0.39 is 6.08 Å². The van der Waals surface area contributed by atoms with Crippen LogP contribution in [0.15, 0.2) is 48.9 Å². The largest absolute Gasteiger partial charge is 0.266 e. The maximum Gasteiger partial charge on any atom is 0.266 e. The van der Waals surface area contributed by atoms with E-state index in [9.17, 15) is 13.2 Å². The lowest BCUT2D eigenvalue weighted by atomic mass is 9.69. The molecule has 2 rings (SSSR count). The minimum atomic E-state index is -1.55. The van der Waals surface area contributed by atoms with Gasteiger partial charge in [0, 0.05) is 0 Å². The lowest BCUT2D eigenvalue weighted by Crippen LogP contribution is -2.25. The smallest absolute Gasteiger partial charge is 0.216 e. The van der Waals surface area contributed by atoms with Crippen molar-refractivity contribution in [1.82, 2.24) is 0 Å². The van der Waals surface area contributed by atoms with Gasteiger partial charge in [0.15, 0.2) is 0 Å². The number of allylic oxidation sites excluding steroid dienone is 6. The standard InChI is InChI=1S/C22H34F2.C3H5F/c1-2-3-7-18-10-14-20(15-11-18)21-16-12-19(13-17-21)8-5-4-6-9-22(23)24;1-2-3-4/h3,5,7-9,18-21H,2,4,6,10-17H2,1H3;2-3H,1H3/b7-3+,8-5+;3-2+. The third-order valence-electron chi connectivity index (χ3n) is 6.11. The molecule has 2 saturated carbocycles. The van der Waals surface area contributed by atoms with E-state index in [1.807, 2.05) is 0 Å². The maximum absolute atomic E-state index is 12.0. The molecule has 0 heterocycles. The molecule has 0 aliphatic heterocycles. The molecule has 0 bridgehead atoms. The van der Waals surface area contributed by atoms with Crippen molar-refractivity contribution in [1.29, 1.82) is 0 Å². The first-order valence-corrected chi connectivity index (χ1v) is 11.2. The Labute approximate surface area is 170 Å². The monoisotopic (exact) mass is 396 g/mol. The maximum atomic E-state index is 12.0. The van der Waals surface area contributed by atoms with Gasteiger partial charge in [-0.25, -0.2) is 4.39 Å². The summed E-state index contributed by atoms with van der Waals surface area (Å²) in [6, 6.07) is 0. The first-order valence-electron chi connectivity index (χ1n) is 11.2. The van der Waals surface area contributed by atoms with Gasteiger partial charge in [0.25, 0.3) is 6.08 Å². The number of unbranched alkanes of at least 4 members (excludes halogenated alkanes) is 1. The zero-order valence-corrected chi connectivity index (χ0v) is 17.8. The van der Waals surface area contributed by atoms with Crippen LogP contribution < -0.4 is 0 Å². The fourth-order valence-corrected chi connectivity index (χ4v) is 4.52. The van der Waals surface area contributed by atoms with Crippen molar-refractivity contribution in [2.45, 2.75) is 84.5 Å². The molecule has 0 aromatic carbocycles. The number of hydrogen-bond donors (Lipinski definition) is 0. The minimum Gasteiger partial charge on any atom is -0.216 e. The minimum absolute atomic E-state index is 0.462. The number of halogens is 3. The highest BCUT2D eigenvalue weighted by molar-refractivity contribution is 4.95. The van der Waals surface area contributed by atoms with Gasteiger partial charge in [0.05, 0.1) is 6.33 Å². The molecule has 0 unspecified atom stereocenters. The Balaban J connectivity index is 0.000000892. The molecule has 2 aliphatic rings. The Morgan fingerprint density at radius 3 is 1.64 bits per heavy atom. The number of hydrogen-bond acceptors (Lipinski definition) is 0. The SMILES string of the molecule is C/C=C/F.CC/C=C/C1CCC(C2CCC(/C=C/CCC=C(F)F)CC2)CC1. The molecule has 0 amide bonds. The van der Waals surface area contributed by atoms with Crippen molar-refractivity contribution in [3.63, 3.8) is 0 Å². The molecule has 2 aliphatic carbocycles. The van der Waals surface area contributed by atoms with Gasteiger partial charge in [-0.15, -0.1) is 0 Å². The predicted molar refractivity (Wildman–Crippen MR) is 115 cm³/mol. The molecular weight excluding hydrogens is 357 g/mol. The third kappa shape index (κ3) is 10.9. The summed E-state index contributed by atoms with van der Waals surface area (Å²) >= 11 is 0. The van der Waals surface area contributed by atoms with Crippen molar-refractivity contribution >= 4 is 0 Å². The average molecular weight is 397 g/mol. The van der Waals surface area contributed by atoms with E-state index in [2.05, 4.69) is 31.2 Å². The lowest BCUT2D eigenvalue weighted by Gasteiger charge is -2.37. The zero-order valence-electron chi connectivity index (χ0n) is 17.8. The molecule has 0 spiro atoms. The van der Waals surface area contributed by atoms with Gasteiger partial charge in [0.1, 0.15) is 0 Å². The summed E-state index contributed by atoms with van der Waals surface area (Å²) in [5.74, 6) is 3.42. The zero-order chi connectivity index (χ0) is 20.6. The molecule has 0 aromatic heterocycles. The van der Waals surface area contributed by atoms with Crippen LogP contribution in [-0.2, 0) is 0 Å². The Morgan fingerprint density at radius 2 is 1.25 bits per heavy atom. The van der Waals surface area contributed by atoms with Gasteiger partial charge in [-0.05, 0) is 107 Å².